The Morgan fingerprint density at radius 1 is 1.11 bits per heavy atom. The molecule has 1 nitrogen and oxygen atoms in total. The average molecular weight is 424 g/mol. The van der Waals surface area contributed by atoms with Gasteiger partial charge in [0.25, 0.3) is 0 Å². The topological polar surface area (TPSA) is 9.23 Å². The molecule has 0 fully saturated rings. The molecule has 104 valence electrons. The van der Waals surface area contributed by atoms with Gasteiger partial charge in [-0.3, -0.25) is 0 Å². The molecule has 1 aromatic carbocycles. The van der Waals surface area contributed by atoms with E-state index in [-0.39, 0.29) is 39.4 Å². The van der Waals surface area contributed by atoms with Crippen LogP contribution >= 0.6 is 34.0 Å². The summed E-state index contributed by atoms with van der Waals surface area (Å²) in [5.41, 5.74) is 1.45. The molecule has 19 heavy (non-hydrogen) atoms. The zero-order valence-electron chi connectivity index (χ0n) is 11.5. The van der Waals surface area contributed by atoms with Crippen molar-refractivity contribution in [3.63, 3.8) is 0 Å². The monoisotopic (exact) mass is 422 g/mol. The molecule has 0 amide bonds. The molecule has 0 saturated heterocycles. The van der Waals surface area contributed by atoms with Crippen molar-refractivity contribution in [3.8, 4) is 5.75 Å². The van der Waals surface area contributed by atoms with Gasteiger partial charge in [-0.1, -0.05) is 0 Å². The molecular formula is C15H20Br2OTi. The summed E-state index contributed by atoms with van der Waals surface area (Å²) < 4.78 is 7.53. The van der Waals surface area contributed by atoms with Crippen LogP contribution in [-0.2, 0) is 25.0 Å². The maximum atomic E-state index is 6.06. The number of hydrogen-bond acceptors (Lipinski definition) is 1. The van der Waals surface area contributed by atoms with E-state index in [1.807, 2.05) is 0 Å². The Morgan fingerprint density at radius 3 is 2.37 bits per heavy atom. The van der Waals surface area contributed by atoms with E-state index >= 15 is 0 Å². The van der Waals surface area contributed by atoms with Crippen LogP contribution in [0.1, 0.15) is 32.8 Å². The summed E-state index contributed by atoms with van der Waals surface area (Å²) >= 11 is -0.463. The summed E-state index contributed by atoms with van der Waals surface area (Å²) in [4.78, 5) is 0. The predicted molar refractivity (Wildman–Crippen MR) is 88.3 cm³/mol. The molecule has 0 radical (unpaired) electrons. The molecule has 0 spiro atoms. The SMILES string of the molecule is Br.Br.CC(C)(C)c1ccccc1[O][Ti][C]1=CC=CC1. The van der Waals surface area contributed by atoms with Crippen LogP contribution < -0.4 is 3.32 Å². The molecule has 0 unspecified atom stereocenters. The predicted octanol–water partition coefficient (Wildman–Crippen LogP) is 5.36. The first-order valence-corrected chi connectivity index (χ1v) is 7.37. The van der Waals surface area contributed by atoms with Gasteiger partial charge in [-0.2, -0.15) is 0 Å². The van der Waals surface area contributed by atoms with Crippen LogP contribution in [0.3, 0.4) is 0 Å². The number of benzene rings is 1. The molecule has 0 aromatic heterocycles. The van der Waals surface area contributed by atoms with Crippen molar-refractivity contribution in [1.29, 1.82) is 0 Å². The van der Waals surface area contributed by atoms with Crippen LogP contribution in [-0.4, -0.2) is 0 Å². The van der Waals surface area contributed by atoms with E-state index < -0.39 is 19.5 Å². The van der Waals surface area contributed by atoms with Gasteiger partial charge in [-0.15, -0.1) is 34.0 Å². The molecule has 1 aromatic rings. The van der Waals surface area contributed by atoms with Crippen LogP contribution in [0.15, 0.2) is 46.4 Å². The zero-order chi connectivity index (χ0) is 12.3. The van der Waals surface area contributed by atoms with E-state index in [4.69, 9.17) is 3.32 Å². The minimum atomic E-state index is -0.463. The van der Waals surface area contributed by atoms with Crippen molar-refractivity contribution in [3.05, 3.63) is 51.9 Å². The molecular weight excluding hydrogens is 404 g/mol. The third kappa shape index (κ3) is 5.59. The number of halogens is 2. The van der Waals surface area contributed by atoms with Gasteiger partial charge in [0, 0.05) is 0 Å². The number of rotatable bonds is 3. The van der Waals surface area contributed by atoms with Gasteiger partial charge >= 0.3 is 113 Å². The third-order valence-electron chi connectivity index (χ3n) is 2.76. The second-order valence-corrected chi connectivity index (χ2v) is 6.91. The third-order valence-corrected chi connectivity index (χ3v) is 4.25. The van der Waals surface area contributed by atoms with Gasteiger partial charge in [0.2, 0.25) is 0 Å². The van der Waals surface area contributed by atoms with E-state index in [2.05, 4.69) is 63.3 Å². The maximum absolute atomic E-state index is 6.06. The molecule has 0 atom stereocenters. The summed E-state index contributed by atoms with van der Waals surface area (Å²) in [5.74, 6) is 1.06. The molecule has 2 rings (SSSR count). The molecule has 0 heterocycles. The first kappa shape index (κ1) is 19.2. The van der Waals surface area contributed by atoms with E-state index in [9.17, 15) is 0 Å². The standard InChI is InChI=1S/C10H14O.C5H5.2BrH.Ti/c1-10(2,3)8-6-4-5-7-9(8)11;1-2-4-5-3-1;;;/h4-7,11H,1-3H3;1-3H,4H2;2*1H;/q;;;;+1/p-1. The summed E-state index contributed by atoms with van der Waals surface area (Å²) in [6.07, 6.45) is 7.59. The molecule has 0 bridgehead atoms. The van der Waals surface area contributed by atoms with Crippen LogP contribution in [0.5, 0.6) is 5.75 Å². The van der Waals surface area contributed by atoms with Crippen molar-refractivity contribution < 1.29 is 22.9 Å². The van der Waals surface area contributed by atoms with Crippen molar-refractivity contribution in [2.75, 3.05) is 0 Å². The fourth-order valence-corrected chi connectivity index (χ4v) is 3.04. The zero-order valence-corrected chi connectivity index (χ0v) is 16.5. The Hall–Kier alpha value is 0.174. The normalized spacial score (nSPS) is 13.1. The average Bonchev–Trinajstić information content (AvgIpc) is 2.78. The van der Waals surface area contributed by atoms with E-state index in [1.54, 1.807) is 0 Å². The number of para-hydroxylation sites is 1. The Kier molecular flexibility index (Phi) is 8.54. The van der Waals surface area contributed by atoms with Crippen LogP contribution in [0.4, 0.5) is 0 Å². The van der Waals surface area contributed by atoms with E-state index in [0.717, 1.165) is 12.2 Å². The number of allylic oxidation sites excluding steroid dienone is 4. The summed E-state index contributed by atoms with van der Waals surface area (Å²) in [6.45, 7) is 6.68. The van der Waals surface area contributed by atoms with Crippen molar-refractivity contribution >= 4 is 34.0 Å². The van der Waals surface area contributed by atoms with Crippen LogP contribution in [0, 0.1) is 0 Å². The summed E-state index contributed by atoms with van der Waals surface area (Å²) in [7, 11) is 0. The second kappa shape index (κ2) is 8.46. The van der Waals surface area contributed by atoms with Gasteiger partial charge < -0.3 is 0 Å². The summed E-state index contributed by atoms with van der Waals surface area (Å²) in [5, 5.41) is 0. The molecule has 1 aliphatic carbocycles. The van der Waals surface area contributed by atoms with Gasteiger partial charge in [0.05, 0.1) is 0 Å². The Bertz CT molecular complexity index is 461. The molecule has 4 heteroatoms. The van der Waals surface area contributed by atoms with Crippen molar-refractivity contribution in [2.45, 2.75) is 32.6 Å². The first-order valence-electron chi connectivity index (χ1n) is 5.95. The Balaban J connectivity index is 0.00000162. The second-order valence-electron chi connectivity index (χ2n) is 5.27. The van der Waals surface area contributed by atoms with E-state index in [0.29, 0.717) is 0 Å². The summed E-state index contributed by atoms with van der Waals surface area (Å²) in [6, 6.07) is 8.40. The van der Waals surface area contributed by atoms with Crippen LogP contribution in [0.2, 0.25) is 0 Å². The molecule has 0 aliphatic heterocycles. The Morgan fingerprint density at radius 2 is 1.79 bits per heavy atom. The quantitative estimate of drug-likeness (QED) is 0.594. The fraction of sp³-hybridized carbons (Fsp3) is 0.333. The van der Waals surface area contributed by atoms with E-state index in [1.165, 1.54) is 9.44 Å². The Labute approximate surface area is 146 Å². The minimum absolute atomic E-state index is 0. The van der Waals surface area contributed by atoms with Gasteiger partial charge in [-0.25, -0.2) is 0 Å². The first-order chi connectivity index (χ1) is 8.07. The van der Waals surface area contributed by atoms with Gasteiger partial charge in [0.15, 0.2) is 0 Å². The molecule has 0 saturated carbocycles. The fourth-order valence-electron chi connectivity index (χ4n) is 1.82. The molecule has 0 N–H and O–H groups in total. The van der Waals surface area contributed by atoms with Gasteiger partial charge in [-0.05, 0) is 0 Å². The van der Waals surface area contributed by atoms with Crippen LogP contribution in [0.25, 0.3) is 0 Å². The van der Waals surface area contributed by atoms with Crippen molar-refractivity contribution in [2.24, 2.45) is 0 Å². The number of hydrogen-bond donors (Lipinski definition) is 0. The molecule has 1 aliphatic rings. The van der Waals surface area contributed by atoms with Crippen molar-refractivity contribution in [1.82, 2.24) is 0 Å². The van der Waals surface area contributed by atoms with Gasteiger partial charge in [0.1, 0.15) is 0 Å².